The zero-order valence-corrected chi connectivity index (χ0v) is 11.4. The van der Waals surface area contributed by atoms with E-state index in [1.165, 1.54) is 57.8 Å². The molecule has 0 unspecified atom stereocenters. The first-order chi connectivity index (χ1) is 8.33. The summed E-state index contributed by atoms with van der Waals surface area (Å²) in [5, 5.41) is 0. The molecule has 0 aromatic rings. The van der Waals surface area contributed by atoms with Crippen LogP contribution in [0.3, 0.4) is 0 Å². The lowest BCUT2D eigenvalue weighted by Crippen LogP contribution is -2.28. The molecule has 1 heteroatoms. The summed E-state index contributed by atoms with van der Waals surface area (Å²) in [7, 11) is 1.87. The van der Waals surface area contributed by atoms with Crippen molar-refractivity contribution < 1.29 is 4.74 Å². The van der Waals surface area contributed by atoms with Crippen molar-refractivity contribution >= 4 is 0 Å². The van der Waals surface area contributed by atoms with Gasteiger partial charge in [-0.25, -0.2) is 0 Å². The molecular weight excluding hydrogens is 208 g/mol. The van der Waals surface area contributed by atoms with Crippen LogP contribution in [-0.2, 0) is 4.74 Å². The molecule has 1 nitrogen and oxygen atoms in total. The van der Waals surface area contributed by atoms with Crippen molar-refractivity contribution in [2.24, 2.45) is 17.8 Å². The molecule has 2 saturated carbocycles. The quantitative estimate of drug-likeness (QED) is 0.649. The molecule has 98 valence electrons. The molecule has 0 spiro atoms. The van der Waals surface area contributed by atoms with Crippen molar-refractivity contribution in [1.82, 2.24) is 0 Å². The first-order valence-corrected chi connectivity index (χ1v) is 7.47. The standard InChI is InChI=1S/C16H28O/c1-3-4-13-5-7-14(8-6-13)15-9-11-16(17-2)12-10-15/h3,13-16H,1,4-12H2,2H3. The van der Waals surface area contributed by atoms with E-state index in [-0.39, 0.29) is 0 Å². The SMILES string of the molecule is C=CCC1CCC(C2CCC(OC)CC2)CC1. The summed E-state index contributed by atoms with van der Waals surface area (Å²) in [6, 6.07) is 0. The average molecular weight is 236 g/mol. The maximum Gasteiger partial charge on any atom is 0.0571 e. The molecule has 0 aliphatic heterocycles. The van der Waals surface area contributed by atoms with Crippen molar-refractivity contribution in [3.05, 3.63) is 12.7 Å². The van der Waals surface area contributed by atoms with Gasteiger partial charge in [0.05, 0.1) is 6.10 Å². The summed E-state index contributed by atoms with van der Waals surface area (Å²) >= 11 is 0. The van der Waals surface area contributed by atoms with Crippen LogP contribution in [0.4, 0.5) is 0 Å². The second-order valence-electron chi connectivity index (χ2n) is 6.08. The Morgan fingerprint density at radius 3 is 1.94 bits per heavy atom. The maximum atomic E-state index is 5.46. The molecule has 0 amide bonds. The van der Waals surface area contributed by atoms with Crippen LogP contribution in [0.2, 0.25) is 0 Å². The van der Waals surface area contributed by atoms with E-state index >= 15 is 0 Å². The zero-order valence-electron chi connectivity index (χ0n) is 11.4. The van der Waals surface area contributed by atoms with Crippen LogP contribution in [0.15, 0.2) is 12.7 Å². The Bertz CT molecular complexity index is 220. The fraction of sp³-hybridized carbons (Fsp3) is 0.875. The minimum Gasteiger partial charge on any atom is -0.381 e. The van der Waals surface area contributed by atoms with E-state index < -0.39 is 0 Å². The highest BCUT2D eigenvalue weighted by molar-refractivity contribution is 4.84. The fourth-order valence-electron chi connectivity index (χ4n) is 3.93. The fourth-order valence-corrected chi connectivity index (χ4v) is 3.93. The molecule has 0 radical (unpaired) electrons. The molecule has 0 saturated heterocycles. The monoisotopic (exact) mass is 236 g/mol. The molecule has 2 rings (SSSR count). The first kappa shape index (κ1) is 13.1. The molecule has 0 aromatic heterocycles. The van der Waals surface area contributed by atoms with Gasteiger partial charge in [0.2, 0.25) is 0 Å². The highest BCUT2D eigenvalue weighted by Gasteiger charge is 2.30. The number of methoxy groups -OCH3 is 1. The molecule has 2 aliphatic carbocycles. The highest BCUT2D eigenvalue weighted by Crippen LogP contribution is 2.41. The van der Waals surface area contributed by atoms with Crippen LogP contribution in [0.1, 0.15) is 57.8 Å². The van der Waals surface area contributed by atoms with Crippen molar-refractivity contribution in [2.45, 2.75) is 63.9 Å². The Morgan fingerprint density at radius 2 is 1.47 bits per heavy atom. The zero-order chi connectivity index (χ0) is 12.1. The Morgan fingerprint density at radius 1 is 0.941 bits per heavy atom. The summed E-state index contributed by atoms with van der Waals surface area (Å²) in [5.41, 5.74) is 0. The van der Waals surface area contributed by atoms with Crippen LogP contribution in [0.5, 0.6) is 0 Å². The van der Waals surface area contributed by atoms with Gasteiger partial charge in [-0.1, -0.05) is 6.08 Å². The predicted octanol–water partition coefficient (Wildman–Crippen LogP) is 4.57. The lowest BCUT2D eigenvalue weighted by atomic mass is 9.70. The van der Waals surface area contributed by atoms with Crippen molar-refractivity contribution in [3.63, 3.8) is 0 Å². The molecule has 0 N–H and O–H groups in total. The van der Waals surface area contributed by atoms with Gasteiger partial charge in [-0.3, -0.25) is 0 Å². The Balaban J connectivity index is 1.72. The van der Waals surface area contributed by atoms with Gasteiger partial charge in [-0.15, -0.1) is 6.58 Å². The number of rotatable bonds is 4. The van der Waals surface area contributed by atoms with Crippen LogP contribution in [0, 0.1) is 17.8 Å². The number of allylic oxidation sites excluding steroid dienone is 1. The number of ether oxygens (including phenoxy) is 1. The van der Waals surface area contributed by atoms with Gasteiger partial charge >= 0.3 is 0 Å². The molecule has 17 heavy (non-hydrogen) atoms. The predicted molar refractivity (Wildman–Crippen MR) is 73.0 cm³/mol. The molecule has 0 heterocycles. The Kier molecular flexibility index (Phi) is 5.09. The normalized spacial score (nSPS) is 38.9. The molecule has 0 aromatic carbocycles. The van der Waals surface area contributed by atoms with Gasteiger partial charge in [0.15, 0.2) is 0 Å². The van der Waals surface area contributed by atoms with Gasteiger partial charge < -0.3 is 4.74 Å². The summed E-state index contributed by atoms with van der Waals surface area (Å²) in [6.45, 7) is 3.87. The third-order valence-corrected chi connectivity index (χ3v) is 5.11. The van der Waals surface area contributed by atoms with Crippen molar-refractivity contribution in [1.29, 1.82) is 0 Å². The summed E-state index contributed by atoms with van der Waals surface area (Å²) < 4.78 is 5.46. The van der Waals surface area contributed by atoms with Gasteiger partial charge in [0.1, 0.15) is 0 Å². The Labute approximate surface area is 107 Å². The minimum absolute atomic E-state index is 0.559. The minimum atomic E-state index is 0.559. The van der Waals surface area contributed by atoms with Crippen molar-refractivity contribution in [3.8, 4) is 0 Å². The van der Waals surface area contributed by atoms with Crippen molar-refractivity contribution in [2.75, 3.05) is 7.11 Å². The average Bonchev–Trinajstić information content (AvgIpc) is 2.40. The van der Waals surface area contributed by atoms with E-state index in [1.54, 1.807) is 0 Å². The topological polar surface area (TPSA) is 9.23 Å². The summed E-state index contributed by atoms with van der Waals surface area (Å²) in [4.78, 5) is 0. The van der Waals surface area contributed by atoms with Crippen LogP contribution >= 0.6 is 0 Å². The van der Waals surface area contributed by atoms with Gasteiger partial charge in [-0.05, 0) is 75.5 Å². The second kappa shape index (κ2) is 6.58. The summed E-state index contributed by atoms with van der Waals surface area (Å²) in [6.07, 6.45) is 15.2. The van der Waals surface area contributed by atoms with Crippen LogP contribution in [-0.4, -0.2) is 13.2 Å². The lowest BCUT2D eigenvalue weighted by molar-refractivity contribution is 0.0395. The first-order valence-electron chi connectivity index (χ1n) is 7.47. The third kappa shape index (κ3) is 3.58. The molecule has 2 aliphatic rings. The van der Waals surface area contributed by atoms with E-state index in [9.17, 15) is 0 Å². The van der Waals surface area contributed by atoms with Gasteiger partial charge in [0, 0.05) is 7.11 Å². The number of hydrogen-bond donors (Lipinski definition) is 0. The molecule has 2 fully saturated rings. The van der Waals surface area contributed by atoms with E-state index in [2.05, 4.69) is 12.7 Å². The van der Waals surface area contributed by atoms with Crippen LogP contribution in [0.25, 0.3) is 0 Å². The molecular formula is C16H28O. The van der Waals surface area contributed by atoms with E-state index in [1.807, 2.05) is 7.11 Å². The molecule has 0 atom stereocenters. The van der Waals surface area contributed by atoms with Crippen LogP contribution < -0.4 is 0 Å². The third-order valence-electron chi connectivity index (χ3n) is 5.11. The smallest absolute Gasteiger partial charge is 0.0571 e. The van der Waals surface area contributed by atoms with E-state index in [0.29, 0.717) is 6.10 Å². The second-order valence-corrected chi connectivity index (χ2v) is 6.08. The maximum absolute atomic E-state index is 5.46. The lowest BCUT2D eigenvalue weighted by Gasteiger charge is -2.37. The van der Waals surface area contributed by atoms with E-state index in [0.717, 1.165) is 17.8 Å². The van der Waals surface area contributed by atoms with Gasteiger partial charge in [-0.2, -0.15) is 0 Å². The molecule has 0 bridgehead atoms. The van der Waals surface area contributed by atoms with E-state index in [4.69, 9.17) is 4.74 Å². The number of hydrogen-bond acceptors (Lipinski definition) is 1. The largest absolute Gasteiger partial charge is 0.381 e. The summed E-state index contributed by atoms with van der Waals surface area (Å²) in [5.74, 6) is 2.97. The Hall–Kier alpha value is -0.300. The van der Waals surface area contributed by atoms with Gasteiger partial charge in [0.25, 0.3) is 0 Å². The highest BCUT2D eigenvalue weighted by atomic mass is 16.5.